The van der Waals surface area contributed by atoms with Crippen molar-refractivity contribution < 1.29 is 19.5 Å². The quantitative estimate of drug-likeness (QED) is 0.658. The molecule has 2 aromatic carbocycles. The number of carbonyl (C=O) groups excluding carboxylic acids is 3. The second kappa shape index (κ2) is 9.26. The number of aliphatic hydroxyl groups is 1. The number of benzene rings is 2. The summed E-state index contributed by atoms with van der Waals surface area (Å²) in [5, 5.41) is 12.4. The SMILES string of the molecule is CC(=O)Nc1ccc(C2=C(SCCO)C(=O)N(Cc3ccc(Cl)cc3)C2=O)cc1. The predicted molar refractivity (Wildman–Crippen MR) is 114 cm³/mol. The molecule has 0 aromatic heterocycles. The molecule has 150 valence electrons. The molecule has 3 rings (SSSR count). The van der Waals surface area contributed by atoms with Gasteiger partial charge in [0.15, 0.2) is 0 Å². The molecule has 2 aromatic rings. The number of thioether (sulfide) groups is 1. The molecule has 3 amide bonds. The molecule has 0 bridgehead atoms. The van der Waals surface area contributed by atoms with Gasteiger partial charge in [0.2, 0.25) is 5.91 Å². The maximum atomic E-state index is 13.1. The van der Waals surface area contributed by atoms with Crippen molar-refractivity contribution in [3.63, 3.8) is 0 Å². The Bertz CT molecular complexity index is 971. The molecule has 1 heterocycles. The minimum absolute atomic E-state index is 0.110. The van der Waals surface area contributed by atoms with E-state index in [0.717, 1.165) is 17.3 Å². The normalized spacial score (nSPS) is 14.0. The van der Waals surface area contributed by atoms with Crippen molar-refractivity contribution in [3.8, 4) is 0 Å². The second-order valence-corrected chi connectivity index (χ2v) is 7.90. The summed E-state index contributed by atoms with van der Waals surface area (Å²) in [6.07, 6.45) is 0. The van der Waals surface area contributed by atoms with Crippen LogP contribution in [0.1, 0.15) is 18.1 Å². The number of hydrogen-bond donors (Lipinski definition) is 2. The Labute approximate surface area is 177 Å². The monoisotopic (exact) mass is 430 g/mol. The highest BCUT2D eigenvalue weighted by Crippen LogP contribution is 2.37. The van der Waals surface area contributed by atoms with Crippen LogP contribution in [0.5, 0.6) is 0 Å². The fraction of sp³-hybridized carbons (Fsp3) is 0.190. The molecule has 0 fully saturated rings. The smallest absolute Gasteiger partial charge is 0.268 e. The first-order chi connectivity index (χ1) is 13.9. The number of halogens is 1. The van der Waals surface area contributed by atoms with Crippen molar-refractivity contribution in [2.24, 2.45) is 0 Å². The minimum Gasteiger partial charge on any atom is -0.396 e. The molecule has 0 aliphatic carbocycles. The highest BCUT2D eigenvalue weighted by molar-refractivity contribution is 8.04. The molecule has 0 saturated heterocycles. The van der Waals surface area contributed by atoms with Crippen LogP contribution in [0.25, 0.3) is 5.57 Å². The molecule has 8 heteroatoms. The third-order valence-electron chi connectivity index (χ3n) is 4.21. The van der Waals surface area contributed by atoms with E-state index in [4.69, 9.17) is 11.6 Å². The number of imide groups is 1. The van der Waals surface area contributed by atoms with Crippen molar-refractivity contribution >= 4 is 52.3 Å². The van der Waals surface area contributed by atoms with Crippen molar-refractivity contribution in [1.82, 2.24) is 4.90 Å². The van der Waals surface area contributed by atoms with Gasteiger partial charge in [-0.25, -0.2) is 0 Å². The van der Waals surface area contributed by atoms with Crippen molar-refractivity contribution in [3.05, 3.63) is 69.6 Å². The van der Waals surface area contributed by atoms with Gasteiger partial charge in [0.25, 0.3) is 11.8 Å². The van der Waals surface area contributed by atoms with Crippen LogP contribution in [0, 0.1) is 0 Å². The average molecular weight is 431 g/mol. The van der Waals surface area contributed by atoms with Crippen LogP contribution in [-0.2, 0) is 20.9 Å². The van der Waals surface area contributed by atoms with E-state index >= 15 is 0 Å². The number of anilines is 1. The van der Waals surface area contributed by atoms with E-state index in [1.165, 1.54) is 11.8 Å². The van der Waals surface area contributed by atoms with E-state index < -0.39 is 5.91 Å². The van der Waals surface area contributed by atoms with Gasteiger partial charge in [-0.2, -0.15) is 0 Å². The van der Waals surface area contributed by atoms with Gasteiger partial charge in [-0.05, 0) is 35.4 Å². The lowest BCUT2D eigenvalue weighted by Crippen LogP contribution is -2.30. The van der Waals surface area contributed by atoms with Gasteiger partial charge >= 0.3 is 0 Å². The first kappa shape index (κ1) is 21.1. The second-order valence-electron chi connectivity index (χ2n) is 6.36. The highest BCUT2D eigenvalue weighted by Gasteiger charge is 2.39. The van der Waals surface area contributed by atoms with Gasteiger partial charge in [-0.15, -0.1) is 11.8 Å². The zero-order valence-electron chi connectivity index (χ0n) is 15.6. The lowest BCUT2D eigenvalue weighted by molar-refractivity contribution is -0.137. The van der Waals surface area contributed by atoms with Crippen LogP contribution in [0.15, 0.2) is 53.4 Å². The zero-order valence-corrected chi connectivity index (χ0v) is 17.2. The maximum Gasteiger partial charge on any atom is 0.268 e. The predicted octanol–water partition coefficient (Wildman–Crippen LogP) is 3.30. The minimum atomic E-state index is -0.391. The standard InChI is InChI=1S/C21H19ClN2O4S/c1-13(26)23-17-8-4-15(5-9-17)18-19(29-11-10-25)21(28)24(20(18)27)12-14-2-6-16(22)7-3-14/h2-9,25H,10-12H2,1H3,(H,23,26). The van der Waals surface area contributed by atoms with E-state index in [1.807, 2.05) is 0 Å². The van der Waals surface area contributed by atoms with Gasteiger partial charge < -0.3 is 10.4 Å². The van der Waals surface area contributed by atoms with Gasteiger partial charge in [-0.3, -0.25) is 19.3 Å². The van der Waals surface area contributed by atoms with E-state index in [2.05, 4.69) is 5.32 Å². The largest absolute Gasteiger partial charge is 0.396 e. The summed E-state index contributed by atoms with van der Waals surface area (Å²) in [4.78, 5) is 38.8. The maximum absolute atomic E-state index is 13.1. The fourth-order valence-corrected chi connectivity index (χ4v) is 3.93. The number of nitrogens with one attached hydrogen (secondary N) is 1. The summed E-state index contributed by atoms with van der Waals surface area (Å²) in [6, 6.07) is 13.7. The first-order valence-electron chi connectivity index (χ1n) is 8.87. The third kappa shape index (κ3) is 4.87. The number of aliphatic hydroxyl groups excluding tert-OH is 1. The van der Waals surface area contributed by atoms with Crippen LogP contribution in [0.4, 0.5) is 5.69 Å². The molecule has 0 atom stereocenters. The summed E-state index contributed by atoms with van der Waals surface area (Å²) in [5.74, 6) is -0.671. The molecular formula is C21H19ClN2O4S. The molecule has 2 N–H and O–H groups in total. The number of nitrogens with zero attached hydrogens (tertiary/aromatic N) is 1. The van der Waals surface area contributed by atoms with Crippen LogP contribution >= 0.6 is 23.4 Å². The van der Waals surface area contributed by atoms with Crippen LogP contribution in [0.2, 0.25) is 5.02 Å². The number of carbonyl (C=O) groups is 3. The van der Waals surface area contributed by atoms with E-state index in [-0.39, 0.29) is 25.0 Å². The fourth-order valence-electron chi connectivity index (χ4n) is 2.93. The lowest BCUT2D eigenvalue weighted by Gasteiger charge is -2.15. The Kier molecular flexibility index (Phi) is 6.74. The molecule has 6 nitrogen and oxygen atoms in total. The topological polar surface area (TPSA) is 86.7 Å². The van der Waals surface area contributed by atoms with Crippen LogP contribution in [-0.4, -0.2) is 40.1 Å². The highest BCUT2D eigenvalue weighted by atomic mass is 35.5. The van der Waals surface area contributed by atoms with Crippen molar-refractivity contribution in [1.29, 1.82) is 0 Å². The molecule has 0 unspecified atom stereocenters. The van der Waals surface area contributed by atoms with Crippen LogP contribution < -0.4 is 5.32 Å². The molecule has 1 aliphatic heterocycles. The first-order valence-corrected chi connectivity index (χ1v) is 10.2. The van der Waals surface area contributed by atoms with Gasteiger partial charge in [-0.1, -0.05) is 35.9 Å². The Hall–Kier alpha value is -2.61. The van der Waals surface area contributed by atoms with Crippen molar-refractivity contribution in [2.75, 3.05) is 17.7 Å². The summed E-state index contributed by atoms with van der Waals surface area (Å²) < 4.78 is 0. The Morgan fingerprint density at radius 1 is 1.07 bits per heavy atom. The molecule has 0 radical (unpaired) electrons. The van der Waals surface area contributed by atoms with Crippen LogP contribution in [0.3, 0.4) is 0 Å². The van der Waals surface area contributed by atoms with Gasteiger partial charge in [0, 0.05) is 23.4 Å². The molecule has 0 spiro atoms. The Morgan fingerprint density at radius 3 is 2.31 bits per heavy atom. The summed E-state index contributed by atoms with van der Waals surface area (Å²) >= 11 is 7.06. The number of rotatable bonds is 7. The summed E-state index contributed by atoms with van der Waals surface area (Å²) in [7, 11) is 0. The summed E-state index contributed by atoms with van der Waals surface area (Å²) in [5.41, 5.74) is 2.26. The van der Waals surface area contributed by atoms with Gasteiger partial charge in [0.1, 0.15) is 0 Å². The average Bonchev–Trinajstić information content (AvgIpc) is 2.92. The number of amides is 3. The van der Waals surface area contributed by atoms with E-state index in [1.54, 1.807) is 48.5 Å². The van der Waals surface area contributed by atoms with E-state index in [0.29, 0.717) is 32.5 Å². The van der Waals surface area contributed by atoms with E-state index in [9.17, 15) is 19.5 Å². The van der Waals surface area contributed by atoms with Gasteiger partial charge in [0.05, 0.1) is 23.6 Å². The Balaban J connectivity index is 1.91. The molecular weight excluding hydrogens is 412 g/mol. The molecule has 1 aliphatic rings. The molecule has 0 saturated carbocycles. The number of hydrogen-bond acceptors (Lipinski definition) is 5. The third-order valence-corrected chi connectivity index (χ3v) is 5.52. The Morgan fingerprint density at radius 2 is 1.72 bits per heavy atom. The van der Waals surface area contributed by atoms with Crippen molar-refractivity contribution in [2.45, 2.75) is 13.5 Å². The zero-order chi connectivity index (χ0) is 21.0. The lowest BCUT2D eigenvalue weighted by atomic mass is 10.1. The summed E-state index contributed by atoms with van der Waals surface area (Å²) in [6.45, 7) is 1.43. The molecule has 29 heavy (non-hydrogen) atoms.